The van der Waals surface area contributed by atoms with Crippen LogP contribution in [0.1, 0.15) is 69.2 Å². The zero-order chi connectivity index (χ0) is 26.2. The predicted octanol–water partition coefficient (Wildman–Crippen LogP) is 9.45. The highest BCUT2D eigenvalue weighted by molar-refractivity contribution is 9.10. The van der Waals surface area contributed by atoms with Gasteiger partial charge in [0.05, 0.1) is 4.47 Å². The molecule has 3 heteroatoms. The van der Waals surface area contributed by atoms with Crippen molar-refractivity contribution in [3.8, 4) is 5.75 Å². The van der Waals surface area contributed by atoms with Gasteiger partial charge in [0.2, 0.25) is 0 Å². The zero-order valence-corrected chi connectivity index (χ0v) is 24.2. The maximum atomic E-state index is 5.62. The first kappa shape index (κ1) is 26.0. The van der Waals surface area contributed by atoms with Crippen LogP contribution in [0.3, 0.4) is 0 Å². The summed E-state index contributed by atoms with van der Waals surface area (Å²) in [5, 5.41) is 2.82. The molecule has 3 aromatic carbocycles. The molecule has 6 rings (SSSR count). The Labute approximate surface area is 230 Å². The number of aryl methyl sites for hydroxylation is 1. The lowest BCUT2D eigenvalue weighted by Crippen LogP contribution is -2.29. The Morgan fingerprint density at radius 1 is 0.865 bits per heavy atom. The van der Waals surface area contributed by atoms with Gasteiger partial charge in [0, 0.05) is 17.9 Å². The quantitative estimate of drug-likeness (QED) is 0.236. The van der Waals surface area contributed by atoms with Crippen LogP contribution in [0.2, 0.25) is 0 Å². The van der Waals surface area contributed by atoms with Crippen molar-refractivity contribution < 1.29 is 9.47 Å². The number of benzene rings is 3. The summed E-state index contributed by atoms with van der Waals surface area (Å²) < 4.78 is 11.6. The van der Waals surface area contributed by atoms with Crippen molar-refractivity contribution >= 4 is 32.3 Å². The molecule has 0 radical (unpaired) electrons. The Morgan fingerprint density at radius 3 is 2.35 bits per heavy atom. The number of methoxy groups -OCH3 is 1. The highest BCUT2D eigenvalue weighted by Gasteiger charge is 2.33. The van der Waals surface area contributed by atoms with Gasteiger partial charge in [-0.25, -0.2) is 0 Å². The second kappa shape index (κ2) is 10.3. The molecule has 0 saturated heterocycles. The number of halogens is 1. The fourth-order valence-electron chi connectivity index (χ4n) is 5.83. The number of fused-ring (bicyclic) bond motifs is 5. The van der Waals surface area contributed by atoms with Gasteiger partial charge in [0.25, 0.3) is 0 Å². The zero-order valence-electron chi connectivity index (χ0n) is 22.7. The van der Waals surface area contributed by atoms with E-state index in [1.807, 2.05) is 0 Å². The number of ether oxygens (including phenoxy) is 2. The smallest absolute Gasteiger partial charge is 0.188 e. The van der Waals surface area contributed by atoms with Crippen LogP contribution in [0.5, 0.6) is 5.75 Å². The van der Waals surface area contributed by atoms with E-state index in [-0.39, 0.29) is 17.6 Å². The van der Waals surface area contributed by atoms with Gasteiger partial charge in [-0.15, -0.1) is 0 Å². The normalized spacial score (nSPS) is 18.4. The van der Waals surface area contributed by atoms with Gasteiger partial charge < -0.3 is 9.47 Å². The van der Waals surface area contributed by atoms with E-state index in [0.29, 0.717) is 0 Å². The van der Waals surface area contributed by atoms with Gasteiger partial charge in [-0.3, -0.25) is 0 Å². The van der Waals surface area contributed by atoms with Gasteiger partial charge in [-0.1, -0.05) is 94.0 Å². The minimum Gasteiger partial charge on any atom is -0.466 e. The Hall–Kier alpha value is -2.62. The van der Waals surface area contributed by atoms with Gasteiger partial charge in [-0.05, 0) is 92.3 Å². The molecule has 0 aromatic heterocycles. The fourth-order valence-corrected chi connectivity index (χ4v) is 6.29. The third kappa shape index (κ3) is 5.09. The maximum Gasteiger partial charge on any atom is 0.188 e. The SMILES string of the molecule is C1=CC2=C(CC1)CCc1c2ccc2ccccc12.COCOc1cc2c(cc1Br)C(C)(C)C=CC2(C)C. The average molecular weight is 558 g/mol. The van der Waals surface area contributed by atoms with Crippen LogP contribution in [0, 0.1) is 0 Å². The van der Waals surface area contributed by atoms with E-state index in [1.54, 1.807) is 18.2 Å². The van der Waals surface area contributed by atoms with Crippen LogP contribution < -0.4 is 4.74 Å². The Morgan fingerprint density at radius 2 is 1.59 bits per heavy atom. The lowest BCUT2D eigenvalue weighted by molar-refractivity contribution is 0.0504. The molecule has 0 bridgehead atoms. The summed E-state index contributed by atoms with van der Waals surface area (Å²) in [6, 6.07) is 17.7. The fraction of sp³-hybridized carbons (Fsp3) is 0.353. The molecule has 0 aliphatic heterocycles. The summed E-state index contributed by atoms with van der Waals surface area (Å²) in [6.07, 6.45) is 14.2. The summed E-state index contributed by atoms with van der Waals surface area (Å²) in [5.41, 5.74) is 8.94. The van der Waals surface area contributed by atoms with Crippen molar-refractivity contribution in [2.45, 2.75) is 64.2 Å². The lowest BCUT2D eigenvalue weighted by Gasteiger charge is -2.37. The van der Waals surface area contributed by atoms with E-state index >= 15 is 0 Å². The summed E-state index contributed by atoms with van der Waals surface area (Å²) in [5.74, 6) is 0.833. The van der Waals surface area contributed by atoms with Crippen LogP contribution in [0.4, 0.5) is 0 Å². The van der Waals surface area contributed by atoms with Crippen molar-refractivity contribution in [3.05, 3.63) is 105 Å². The first-order valence-electron chi connectivity index (χ1n) is 13.3. The Bertz CT molecular complexity index is 1420. The van der Waals surface area contributed by atoms with Gasteiger partial charge >= 0.3 is 0 Å². The van der Waals surface area contributed by atoms with E-state index in [0.717, 1.165) is 10.2 Å². The summed E-state index contributed by atoms with van der Waals surface area (Å²) in [6.45, 7) is 9.19. The van der Waals surface area contributed by atoms with Crippen LogP contribution in [-0.4, -0.2) is 13.9 Å². The molecule has 3 aromatic rings. The minimum absolute atomic E-state index is 0.0245. The van der Waals surface area contributed by atoms with E-state index in [9.17, 15) is 0 Å². The highest BCUT2D eigenvalue weighted by atomic mass is 79.9. The Balaban J connectivity index is 0.000000151. The topological polar surface area (TPSA) is 18.5 Å². The molecule has 3 aliphatic carbocycles. The van der Waals surface area contributed by atoms with E-state index < -0.39 is 0 Å². The van der Waals surface area contributed by atoms with Gasteiger partial charge in [-0.2, -0.15) is 0 Å². The number of hydrogen-bond acceptors (Lipinski definition) is 2. The van der Waals surface area contributed by atoms with E-state index in [4.69, 9.17) is 9.47 Å². The first-order chi connectivity index (χ1) is 17.7. The summed E-state index contributed by atoms with van der Waals surface area (Å²) in [4.78, 5) is 0. The maximum absolute atomic E-state index is 5.62. The van der Waals surface area contributed by atoms with Gasteiger partial charge in [0.1, 0.15) is 5.75 Å². The molecule has 0 atom stereocenters. The first-order valence-corrected chi connectivity index (χ1v) is 14.1. The number of hydrogen-bond donors (Lipinski definition) is 0. The molecule has 3 aliphatic rings. The molecule has 0 unspecified atom stereocenters. The van der Waals surface area contributed by atoms with E-state index in [2.05, 4.69) is 116 Å². The van der Waals surface area contributed by atoms with Gasteiger partial charge in [0.15, 0.2) is 6.79 Å². The minimum atomic E-state index is 0.0245. The van der Waals surface area contributed by atoms with Crippen LogP contribution in [-0.2, 0) is 22.0 Å². The average Bonchev–Trinajstić information content (AvgIpc) is 2.90. The largest absolute Gasteiger partial charge is 0.466 e. The molecule has 0 heterocycles. The summed E-state index contributed by atoms with van der Waals surface area (Å²) in [7, 11) is 1.63. The summed E-state index contributed by atoms with van der Waals surface area (Å²) >= 11 is 3.59. The Kier molecular flexibility index (Phi) is 7.22. The highest BCUT2D eigenvalue weighted by Crippen LogP contribution is 2.45. The second-order valence-corrected chi connectivity index (χ2v) is 12.3. The molecule has 0 spiro atoms. The molecule has 0 saturated carbocycles. The molecular weight excluding hydrogens is 520 g/mol. The van der Waals surface area contributed by atoms with Crippen molar-refractivity contribution in [3.63, 3.8) is 0 Å². The van der Waals surface area contributed by atoms with Crippen molar-refractivity contribution in [1.82, 2.24) is 0 Å². The molecule has 0 N–H and O–H groups in total. The third-order valence-corrected chi connectivity index (χ3v) is 8.61. The van der Waals surface area contributed by atoms with Crippen LogP contribution in [0.15, 0.2) is 82.9 Å². The monoisotopic (exact) mass is 556 g/mol. The second-order valence-electron chi connectivity index (χ2n) is 11.4. The molecule has 0 amide bonds. The van der Waals surface area contributed by atoms with Crippen LogP contribution >= 0.6 is 15.9 Å². The van der Waals surface area contributed by atoms with Crippen LogP contribution in [0.25, 0.3) is 16.3 Å². The van der Waals surface area contributed by atoms with Crippen molar-refractivity contribution in [2.24, 2.45) is 0 Å². The number of allylic oxidation sites excluding steroid dienone is 6. The molecular formula is C34H37BrO2. The molecule has 192 valence electrons. The van der Waals surface area contributed by atoms with Crippen molar-refractivity contribution in [1.29, 1.82) is 0 Å². The van der Waals surface area contributed by atoms with E-state index in [1.165, 1.54) is 58.7 Å². The third-order valence-electron chi connectivity index (χ3n) is 8.00. The molecule has 0 fully saturated rings. The molecule has 37 heavy (non-hydrogen) atoms. The lowest BCUT2D eigenvalue weighted by atomic mass is 9.68. The standard InChI is InChI=1S/C18H16.C16H21BrO2/c1-3-7-15-13(5-1)9-11-18-16-8-4-2-6-14(16)10-12-17(15)18;1-15(2)6-7-16(3,4)12-9-14(19-10-18-5)13(17)8-11(12)15/h1,3-5,7-9,11H,2,6,10,12H2;6-9H,10H2,1-5H3. The molecule has 2 nitrogen and oxygen atoms in total. The van der Waals surface area contributed by atoms with Crippen molar-refractivity contribution in [2.75, 3.05) is 13.9 Å². The number of rotatable bonds is 3. The predicted molar refractivity (Wildman–Crippen MR) is 159 cm³/mol.